The van der Waals surface area contributed by atoms with Gasteiger partial charge in [0.1, 0.15) is 11.6 Å². The Kier molecular flexibility index (Phi) is 12.1. The molecule has 0 aromatic carbocycles. The van der Waals surface area contributed by atoms with E-state index in [1.807, 2.05) is 17.9 Å². The quantitative estimate of drug-likeness (QED) is 0.107. The van der Waals surface area contributed by atoms with E-state index in [0.717, 1.165) is 44.9 Å². The Bertz CT molecular complexity index is 884. The van der Waals surface area contributed by atoms with E-state index in [2.05, 4.69) is 36.0 Å². The summed E-state index contributed by atoms with van der Waals surface area (Å²) < 4.78 is 12.3. The van der Waals surface area contributed by atoms with Gasteiger partial charge in [-0.05, 0) is 51.9 Å². The smallest absolute Gasteiger partial charge is 0.312 e. The van der Waals surface area contributed by atoms with Gasteiger partial charge in [-0.25, -0.2) is 0 Å². The van der Waals surface area contributed by atoms with E-state index in [0.29, 0.717) is 32.4 Å². The summed E-state index contributed by atoms with van der Waals surface area (Å²) in [5, 5.41) is 9.14. The molecule has 9 heteroatoms. The standard InChI is InChI=1S/C30H47BrN2O6/c1-5-8-9-14-19-38-29(37)23-24-27(35)33(17-12-10-11-13-18-34)26(30(24)20-22(31)25(23)39-30)28(36)32(16-7-3)21(4)15-6-2/h5,7,21-26,34H,1,3,6,8-20H2,2,4H3/t21?,22?,23-,24-,25-,26?,30?/m0/s1. The Labute approximate surface area is 242 Å². The topological polar surface area (TPSA) is 96.4 Å². The van der Waals surface area contributed by atoms with Crippen molar-refractivity contribution in [3.8, 4) is 0 Å². The number of allylic oxidation sites excluding steroid dienone is 1. The number of nitrogens with zero attached hydrogens (tertiary/aromatic N) is 2. The fourth-order valence-electron chi connectivity index (χ4n) is 6.68. The number of likely N-dealkylation sites (tertiary alicyclic amines) is 1. The number of aliphatic hydroxyl groups is 1. The van der Waals surface area contributed by atoms with Gasteiger partial charge in [0.05, 0.1) is 24.5 Å². The summed E-state index contributed by atoms with van der Waals surface area (Å²) in [6.45, 7) is 12.9. The molecule has 3 saturated heterocycles. The Morgan fingerprint density at radius 1 is 1.23 bits per heavy atom. The van der Waals surface area contributed by atoms with Gasteiger partial charge < -0.3 is 24.4 Å². The SMILES string of the molecule is C=CCCCCOC(=O)[C@H]1[C@H]2C(=O)N(CCCCCCO)C(C(=O)N(CC=C)C(C)CCC)C23CC(Br)[C@@H]1O3. The molecule has 1 spiro atoms. The monoisotopic (exact) mass is 610 g/mol. The van der Waals surface area contributed by atoms with Crippen molar-refractivity contribution in [2.45, 2.75) is 107 Å². The highest BCUT2D eigenvalue weighted by Crippen LogP contribution is 2.60. The van der Waals surface area contributed by atoms with Crippen LogP contribution in [-0.4, -0.2) is 87.6 Å². The third-order valence-corrected chi connectivity index (χ3v) is 9.34. The van der Waals surface area contributed by atoms with Crippen molar-refractivity contribution >= 4 is 33.7 Å². The molecule has 0 radical (unpaired) electrons. The maximum absolute atomic E-state index is 14.4. The molecule has 2 bridgehead atoms. The summed E-state index contributed by atoms with van der Waals surface area (Å²) in [5.41, 5.74) is -1.07. The number of halogens is 1. The predicted octanol–water partition coefficient (Wildman–Crippen LogP) is 4.39. The van der Waals surface area contributed by atoms with Crippen LogP contribution in [0, 0.1) is 11.8 Å². The molecule has 0 aromatic rings. The van der Waals surface area contributed by atoms with Crippen molar-refractivity contribution in [3.05, 3.63) is 25.3 Å². The average Bonchev–Trinajstić information content (AvgIpc) is 3.50. The highest BCUT2D eigenvalue weighted by molar-refractivity contribution is 9.09. The summed E-state index contributed by atoms with van der Waals surface area (Å²) in [6.07, 6.45) is 10.9. The van der Waals surface area contributed by atoms with E-state index in [1.165, 1.54) is 0 Å². The average molecular weight is 612 g/mol. The minimum Gasteiger partial charge on any atom is -0.465 e. The van der Waals surface area contributed by atoms with Crippen LogP contribution in [0.2, 0.25) is 0 Å². The number of hydrogen-bond acceptors (Lipinski definition) is 6. The molecule has 8 nitrogen and oxygen atoms in total. The van der Waals surface area contributed by atoms with E-state index in [-0.39, 0.29) is 35.9 Å². The number of carbonyl (C=O) groups excluding carboxylic acids is 3. The third kappa shape index (κ3) is 6.62. The van der Waals surface area contributed by atoms with Crippen molar-refractivity contribution in [1.29, 1.82) is 0 Å². The van der Waals surface area contributed by atoms with Crippen molar-refractivity contribution in [2.75, 3.05) is 26.3 Å². The molecule has 39 heavy (non-hydrogen) atoms. The van der Waals surface area contributed by atoms with E-state index in [4.69, 9.17) is 14.6 Å². The third-order valence-electron chi connectivity index (χ3n) is 8.50. The van der Waals surface area contributed by atoms with Gasteiger partial charge in [0.15, 0.2) is 0 Å². The van der Waals surface area contributed by atoms with E-state index in [1.54, 1.807) is 11.0 Å². The van der Waals surface area contributed by atoms with Crippen LogP contribution >= 0.6 is 15.9 Å². The molecule has 220 valence electrons. The second-order valence-corrected chi connectivity index (χ2v) is 12.4. The predicted molar refractivity (Wildman–Crippen MR) is 154 cm³/mol. The number of amides is 2. The number of ether oxygens (including phenoxy) is 2. The maximum Gasteiger partial charge on any atom is 0.312 e. The van der Waals surface area contributed by atoms with Gasteiger partial charge in [-0.15, -0.1) is 13.2 Å². The lowest BCUT2D eigenvalue weighted by molar-refractivity contribution is -0.155. The zero-order valence-electron chi connectivity index (χ0n) is 23.7. The summed E-state index contributed by atoms with van der Waals surface area (Å²) in [7, 11) is 0. The lowest BCUT2D eigenvalue weighted by Gasteiger charge is -2.39. The second kappa shape index (κ2) is 14.8. The van der Waals surface area contributed by atoms with Crippen LogP contribution < -0.4 is 0 Å². The van der Waals surface area contributed by atoms with E-state index >= 15 is 0 Å². The number of rotatable bonds is 18. The minimum atomic E-state index is -1.07. The van der Waals surface area contributed by atoms with Crippen LogP contribution in [0.1, 0.15) is 78.1 Å². The molecular formula is C30H47BrN2O6. The molecule has 0 aliphatic carbocycles. The van der Waals surface area contributed by atoms with Crippen LogP contribution in [0.5, 0.6) is 0 Å². The van der Waals surface area contributed by atoms with E-state index in [9.17, 15) is 14.4 Å². The molecule has 3 fully saturated rings. The minimum absolute atomic E-state index is 0.0212. The largest absolute Gasteiger partial charge is 0.465 e. The Morgan fingerprint density at radius 2 is 1.97 bits per heavy atom. The number of aliphatic hydroxyl groups excluding tert-OH is 1. The molecular weight excluding hydrogens is 564 g/mol. The first kappa shape index (κ1) is 31.8. The number of fused-ring (bicyclic) bond motifs is 1. The molecule has 3 rings (SSSR count). The lowest BCUT2D eigenvalue weighted by Crippen LogP contribution is -2.58. The summed E-state index contributed by atoms with van der Waals surface area (Å²) in [5.74, 6) is -2.23. The Balaban J connectivity index is 1.91. The summed E-state index contributed by atoms with van der Waals surface area (Å²) >= 11 is 3.72. The van der Waals surface area contributed by atoms with Gasteiger partial charge in [0.25, 0.3) is 0 Å². The van der Waals surface area contributed by atoms with Crippen molar-refractivity contribution < 1.29 is 29.0 Å². The summed E-state index contributed by atoms with van der Waals surface area (Å²) in [6, 6.07) is -0.824. The fraction of sp³-hybridized carbons (Fsp3) is 0.767. The fourth-order valence-corrected chi connectivity index (χ4v) is 7.63. The maximum atomic E-state index is 14.4. The first-order valence-electron chi connectivity index (χ1n) is 14.7. The second-order valence-electron chi connectivity index (χ2n) is 11.2. The van der Waals surface area contributed by atoms with Gasteiger partial charge in [-0.1, -0.05) is 54.3 Å². The normalized spacial score (nSPS) is 29.8. The summed E-state index contributed by atoms with van der Waals surface area (Å²) in [4.78, 5) is 45.2. The Hall–Kier alpha value is -1.71. The van der Waals surface area contributed by atoms with Crippen molar-refractivity contribution in [2.24, 2.45) is 11.8 Å². The van der Waals surface area contributed by atoms with Crippen LogP contribution in [0.3, 0.4) is 0 Å². The van der Waals surface area contributed by atoms with E-state index < -0.39 is 35.6 Å². The molecule has 1 N–H and O–H groups in total. The van der Waals surface area contributed by atoms with Gasteiger partial charge in [-0.2, -0.15) is 0 Å². The molecule has 3 heterocycles. The van der Waals surface area contributed by atoms with Crippen LogP contribution in [0.25, 0.3) is 0 Å². The number of carbonyl (C=O) groups is 3. The van der Waals surface area contributed by atoms with Crippen molar-refractivity contribution in [1.82, 2.24) is 9.80 Å². The van der Waals surface area contributed by atoms with Crippen LogP contribution in [0.15, 0.2) is 25.3 Å². The molecule has 4 unspecified atom stereocenters. The molecule has 3 aliphatic heterocycles. The zero-order valence-corrected chi connectivity index (χ0v) is 25.3. The molecule has 0 aromatic heterocycles. The lowest BCUT2D eigenvalue weighted by atomic mass is 9.70. The van der Waals surface area contributed by atoms with Gasteiger partial charge in [-0.3, -0.25) is 14.4 Å². The molecule has 2 amide bonds. The molecule has 0 saturated carbocycles. The number of unbranched alkanes of at least 4 members (excludes halogenated alkanes) is 5. The van der Waals surface area contributed by atoms with Crippen LogP contribution in [0.4, 0.5) is 0 Å². The van der Waals surface area contributed by atoms with Gasteiger partial charge in [0, 0.05) is 30.6 Å². The zero-order chi connectivity index (χ0) is 28.6. The molecule has 7 atom stereocenters. The number of alkyl halides is 1. The van der Waals surface area contributed by atoms with Crippen LogP contribution in [-0.2, 0) is 23.9 Å². The highest BCUT2D eigenvalue weighted by atomic mass is 79.9. The first-order chi connectivity index (χ1) is 18.8. The Morgan fingerprint density at radius 3 is 2.64 bits per heavy atom. The number of hydrogen-bond donors (Lipinski definition) is 1. The highest BCUT2D eigenvalue weighted by Gasteiger charge is 2.77. The first-order valence-corrected chi connectivity index (χ1v) is 15.6. The van der Waals surface area contributed by atoms with Gasteiger partial charge >= 0.3 is 5.97 Å². The van der Waals surface area contributed by atoms with Crippen molar-refractivity contribution in [3.63, 3.8) is 0 Å². The molecule has 3 aliphatic rings. The van der Waals surface area contributed by atoms with Gasteiger partial charge in [0.2, 0.25) is 11.8 Å². The number of esters is 1.